The van der Waals surface area contributed by atoms with Gasteiger partial charge in [-0.1, -0.05) is 237 Å². The summed E-state index contributed by atoms with van der Waals surface area (Å²) in [6.45, 7) is 0. The summed E-state index contributed by atoms with van der Waals surface area (Å²) in [5.41, 5.74) is 13.3. The van der Waals surface area contributed by atoms with Gasteiger partial charge < -0.3 is 0 Å². The van der Waals surface area contributed by atoms with E-state index in [1.54, 1.807) is 6.07 Å². The maximum absolute atomic E-state index is 17.1. The molecule has 0 radical (unpaired) electrons. The molecule has 14 aromatic rings. The van der Waals surface area contributed by atoms with Crippen molar-refractivity contribution in [3.8, 4) is 77.9 Å². The van der Waals surface area contributed by atoms with E-state index in [-0.39, 0.29) is 5.82 Å². The van der Waals surface area contributed by atoms with Gasteiger partial charge in [-0.3, -0.25) is 0 Å². The third-order valence-corrected chi connectivity index (χ3v) is 15.2. The highest BCUT2D eigenvalue weighted by molar-refractivity contribution is 6.23. The third kappa shape index (κ3) is 7.38. The average Bonchev–Trinajstić information content (AvgIpc) is 3.46. The number of rotatable bonds is 7. The van der Waals surface area contributed by atoms with Crippen molar-refractivity contribution >= 4 is 64.6 Å². The Balaban J connectivity index is 0.833. The van der Waals surface area contributed by atoms with E-state index in [1.807, 2.05) is 60.7 Å². The molecule has 0 fully saturated rings. The van der Waals surface area contributed by atoms with Crippen molar-refractivity contribution in [2.75, 3.05) is 0 Å². The monoisotopic (exact) mass is 964 g/mol. The molecule has 0 saturated heterocycles. The van der Waals surface area contributed by atoms with Gasteiger partial charge in [0.05, 0.1) is 0 Å². The van der Waals surface area contributed by atoms with Crippen molar-refractivity contribution in [3.63, 3.8) is 0 Å². The number of hydrogen-bond donors (Lipinski definition) is 0. The Morgan fingerprint density at radius 2 is 0.507 bits per heavy atom. The van der Waals surface area contributed by atoms with Gasteiger partial charge in [-0.2, -0.15) is 0 Å². The van der Waals surface area contributed by atoms with E-state index in [2.05, 4.69) is 176 Å². The largest absolute Gasteiger partial charge is 0.207 e. The fraction of sp³-hybridized carbons (Fsp3) is 0. The first kappa shape index (κ1) is 44.2. The Labute approximate surface area is 431 Å². The zero-order valence-corrected chi connectivity index (χ0v) is 40.5. The van der Waals surface area contributed by atoms with Crippen LogP contribution in [0.3, 0.4) is 0 Å². The van der Waals surface area contributed by atoms with Crippen molar-refractivity contribution in [3.05, 3.63) is 278 Å². The van der Waals surface area contributed by atoms with Gasteiger partial charge in [-0.05, 0) is 155 Å². The predicted octanol–water partition coefficient (Wildman–Crippen LogP) is 20.7. The maximum atomic E-state index is 17.1. The summed E-state index contributed by atoms with van der Waals surface area (Å²) in [4.78, 5) is 0. The zero-order valence-electron chi connectivity index (χ0n) is 40.5. The quantitative estimate of drug-likeness (QED) is 0.140. The van der Waals surface area contributed by atoms with Crippen molar-refractivity contribution in [2.45, 2.75) is 0 Å². The van der Waals surface area contributed by atoms with Crippen LogP contribution in [0.1, 0.15) is 0 Å². The molecule has 0 heterocycles. The molecule has 0 nitrogen and oxygen atoms in total. The summed E-state index contributed by atoms with van der Waals surface area (Å²) >= 11 is 0. The van der Waals surface area contributed by atoms with Crippen molar-refractivity contribution in [2.24, 2.45) is 0 Å². The second kappa shape index (κ2) is 17.9. The van der Waals surface area contributed by atoms with Crippen LogP contribution in [0.4, 0.5) is 13.2 Å². The van der Waals surface area contributed by atoms with Gasteiger partial charge in [0.2, 0.25) is 0 Å². The normalized spacial score (nSPS) is 11.7. The lowest BCUT2D eigenvalue weighted by Crippen LogP contribution is -1.93. The molecule has 0 N–H and O–H groups in total. The molecule has 3 heteroatoms. The summed E-state index contributed by atoms with van der Waals surface area (Å²) in [7, 11) is 0. The van der Waals surface area contributed by atoms with Gasteiger partial charge in [0.25, 0.3) is 0 Å². The fourth-order valence-electron chi connectivity index (χ4n) is 12.0. The van der Waals surface area contributed by atoms with E-state index in [0.29, 0.717) is 11.1 Å². The minimum absolute atomic E-state index is 0.288. The summed E-state index contributed by atoms with van der Waals surface area (Å²) in [5, 5.41) is 12.6. The summed E-state index contributed by atoms with van der Waals surface area (Å²) in [6, 6.07) is 87.5. The zero-order chi connectivity index (χ0) is 50.1. The Bertz CT molecular complexity index is 4470. The second-order valence-corrected chi connectivity index (χ2v) is 19.4. The molecule has 352 valence electrons. The van der Waals surface area contributed by atoms with E-state index < -0.39 is 11.6 Å². The van der Waals surface area contributed by atoms with Gasteiger partial charge in [0.15, 0.2) is 0 Å². The van der Waals surface area contributed by atoms with E-state index in [4.69, 9.17) is 0 Å². The van der Waals surface area contributed by atoms with Gasteiger partial charge in [0.1, 0.15) is 17.5 Å². The number of benzene rings is 14. The molecule has 0 bridgehead atoms. The molecule has 0 saturated carbocycles. The second-order valence-electron chi connectivity index (χ2n) is 19.4. The van der Waals surface area contributed by atoms with E-state index >= 15 is 4.39 Å². The standard InChI is InChI=1S/C72H43F3/c73-51-40-50(41-52(74)43-51)72-66-25-11-7-21-62(66)70(63-22-8-12-26-67(63)72)48-34-30-46(31-35-48)55-38-39-58(57-18-4-3-17-56(55)57)59-37-36-49(42-68(59)75)71-64-23-9-5-19-60(64)69(61-20-6-10-24-65(61)71)47-32-28-45(29-33-47)54-27-13-15-44-14-1-2-16-53(44)54/h1-43H. The lowest BCUT2D eigenvalue weighted by atomic mass is 9.85. The fourth-order valence-corrected chi connectivity index (χ4v) is 12.0. The first-order chi connectivity index (χ1) is 36.9. The Hall–Kier alpha value is -9.57. The molecule has 0 aliphatic rings. The van der Waals surface area contributed by atoms with E-state index in [1.165, 1.54) is 34.0 Å². The first-order valence-electron chi connectivity index (χ1n) is 25.3. The SMILES string of the molecule is Fc1cc(F)cc(-c2c3ccccc3c(-c3ccc(-c4ccc(-c5ccc(-c6c7ccccc7c(-c7ccc(-c8cccc9ccccc89)cc7)c7ccccc67)cc5F)c5ccccc45)cc3)c3ccccc23)c1. The van der Waals surface area contributed by atoms with Crippen LogP contribution in [-0.2, 0) is 0 Å². The molecular formula is C72H43F3. The van der Waals surface area contributed by atoms with Crippen LogP contribution in [0.5, 0.6) is 0 Å². The van der Waals surface area contributed by atoms with Gasteiger partial charge >= 0.3 is 0 Å². The molecule has 0 spiro atoms. The molecule has 14 rings (SSSR count). The molecule has 14 aromatic carbocycles. The molecule has 0 aliphatic heterocycles. The minimum Gasteiger partial charge on any atom is -0.207 e. The van der Waals surface area contributed by atoms with Crippen molar-refractivity contribution in [1.29, 1.82) is 0 Å². The molecule has 0 amide bonds. The molecule has 0 aliphatic carbocycles. The molecule has 0 unspecified atom stereocenters. The smallest absolute Gasteiger partial charge is 0.131 e. The topological polar surface area (TPSA) is 0 Å². The van der Waals surface area contributed by atoms with Gasteiger partial charge in [-0.25, -0.2) is 13.2 Å². The predicted molar refractivity (Wildman–Crippen MR) is 309 cm³/mol. The van der Waals surface area contributed by atoms with Crippen LogP contribution in [0.2, 0.25) is 0 Å². The Kier molecular flexibility index (Phi) is 10.5. The molecular weight excluding hydrogens is 922 g/mol. The minimum atomic E-state index is -0.613. The Morgan fingerprint density at radius 1 is 0.187 bits per heavy atom. The number of halogens is 3. The molecule has 75 heavy (non-hydrogen) atoms. The van der Waals surface area contributed by atoms with Crippen LogP contribution in [0.15, 0.2) is 261 Å². The summed E-state index contributed by atoms with van der Waals surface area (Å²) < 4.78 is 46.5. The summed E-state index contributed by atoms with van der Waals surface area (Å²) in [6.07, 6.45) is 0. The third-order valence-electron chi connectivity index (χ3n) is 15.2. The lowest BCUT2D eigenvalue weighted by molar-refractivity contribution is 0.584. The highest BCUT2D eigenvalue weighted by atomic mass is 19.1. The Morgan fingerprint density at radius 3 is 0.973 bits per heavy atom. The van der Waals surface area contributed by atoms with Gasteiger partial charge in [0, 0.05) is 11.6 Å². The highest BCUT2D eigenvalue weighted by Crippen LogP contribution is 2.47. The van der Waals surface area contributed by atoms with Crippen LogP contribution in [0, 0.1) is 17.5 Å². The first-order valence-corrected chi connectivity index (χ1v) is 25.3. The van der Waals surface area contributed by atoms with Crippen molar-refractivity contribution in [1.82, 2.24) is 0 Å². The molecule has 0 aromatic heterocycles. The van der Waals surface area contributed by atoms with Crippen LogP contribution in [-0.4, -0.2) is 0 Å². The molecule has 0 atom stereocenters. The van der Waals surface area contributed by atoms with Crippen molar-refractivity contribution < 1.29 is 13.2 Å². The van der Waals surface area contributed by atoms with Crippen LogP contribution < -0.4 is 0 Å². The van der Waals surface area contributed by atoms with Crippen LogP contribution in [0.25, 0.3) is 143 Å². The van der Waals surface area contributed by atoms with Crippen LogP contribution >= 0.6 is 0 Å². The average molecular weight is 965 g/mol. The van der Waals surface area contributed by atoms with E-state index in [0.717, 1.165) is 116 Å². The maximum Gasteiger partial charge on any atom is 0.131 e. The number of fused-ring (bicyclic) bond motifs is 6. The number of hydrogen-bond acceptors (Lipinski definition) is 0. The van der Waals surface area contributed by atoms with E-state index in [9.17, 15) is 8.78 Å². The highest BCUT2D eigenvalue weighted by Gasteiger charge is 2.21. The lowest BCUT2D eigenvalue weighted by Gasteiger charge is -2.19. The summed E-state index contributed by atoms with van der Waals surface area (Å²) in [5.74, 6) is -1.51. The van der Waals surface area contributed by atoms with Gasteiger partial charge in [-0.15, -0.1) is 0 Å².